The Morgan fingerprint density at radius 3 is 2.53 bits per heavy atom. The molecule has 0 bridgehead atoms. The van der Waals surface area contributed by atoms with Gasteiger partial charge in [0.15, 0.2) is 5.78 Å². The number of thioether (sulfide) groups is 1. The lowest BCUT2D eigenvalue weighted by molar-refractivity contribution is -0.138. The maximum absolute atomic E-state index is 11.4. The summed E-state index contributed by atoms with van der Waals surface area (Å²) >= 11 is 1.31. The smallest absolute Gasteiger partial charge is 0.319 e. The van der Waals surface area contributed by atoms with Crippen LogP contribution < -0.4 is 4.74 Å². The van der Waals surface area contributed by atoms with Crippen LogP contribution in [0.3, 0.4) is 0 Å². The average molecular weight is 282 g/mol. The zero-order valence-corrected chi connectivity index (χ0v) is 12.1. The number of carboxylic acids is 1. The molecule has 0 aliphatic rings. The Balaban J connectivity index is 2.51. The number of ether oxygens (including phenoxy) is 1. The fourth-order valence-electron chi connectivity index (χ4n) is 1.39. The summed E-state index contributed by atoms with van der Waals surface area (Å²) in [6.07, 6.45) is 0. The molecule has 0 saturated heterocycles. The fraction of sp³-hybridized carbons (Fsp3) is 0.429. The van der Waals surface area contributed by atoms with E-state index in [2.05, 4.69) is 0 Å². The van der Waals surface area contributed by atoms with Crippen LogP contribution in [0.1, 0.15) is 31.1 Å². The summed E-state index contributed by atoms with van der Waals surface area (Å²) < 4.78 is 4.71. The van der Waals surface area contributed by atoms with Gasteiger partial charge in [-0.05, 0) is 32.9 Å². The number of hydrogen-bond acceptors (Lipinski definition) is 4. The predicted molar refractivity (Wildman–Crippen MR) is 76.1 cm³/mol. The standard InChI is InChI=1S/C14H18O4S/c1-10(15)11-6-4-5-7-12(11)18-8-9-19-14(2,3)13(16)17/h4-7H,8-9H2,1-3H3,(H,16,17). The van der Waals surface area contributed by atoms with Gasteiger partial charge in [-0.25, -0.2) is 0 Å². The molecular weight excluding hydrogens is 264 g/mol. The van der Waals surface area contributed by atoms with E-state index in [0.717, 1.165) is 0 Å². The Kier molecular flexibility index (Phi) is 5.42. The first-order chi connectivity index (χ1) is 8.84. The van der Waals surface area contributed by atoms with E-state index in [1.807, 2.05) is 0 Å². The summed E-state index contributed by atoms with van der Waals surface area (Å²) in [6, 6.07) is 7.04. The van der Waals surface area contributed by atoms with Gasteiger partial charge in [-0.3, -0.25) is 9.59 Å². The van der Waals surface area contributed by atoms with Crippen LogP contribution in [0.25, 0.3) is 0 Å². The van der Waals surface area contributed by atoms with Crippen LogP contribution in [-0.4, -0.2) is 34.0 Å². The highest BCUT2D eigenvalue weighted by Crippen LogP contribution is 2.25. The van der Waals surface area contributed by atoms with Crippen LogP contribution in [0.15, 0.2) is 24.3 Å². The van der Waals surface area contributed by atoms with E-state index in [1.54, 1.807) is 38.1 Å². The molecule has 1 N–H and O–H groups in total. The third-order valence-electron chi connectivity index (χ3n) is 2.59. The van der Waals surface area contributed by atoms with Crippen molar-refractivity contribution < 1.29 is 19.4 Å². The van der Waals surface area contributed by atoms with Crippen molar-refractivity contribution in [3.05, 3.63) is 29.8 Å². The van der Waals surface area contributed by atoms with Crippen molar-refractivity contribution in [2.45, 2.75) is 25.5 Å². The van der Waals surface area contributed by atoms with E-state index in [9.17, 15) is 9.59 Å². The lowest BCUT2D eigenvalue weighted by atomic mass is 10.1. The Labute approximate surface area is 117 Å². The van der Waals surface area contributed by atoms with Gasteiger partial charge in [-0.15, -0.1) is 11.8 Å². The highest BCUT2D eigenvalue weighted by Gasteiger charge is 2.27. The number of Topliss-reactive ketones (excluding diaryl/α,β-unsaturated/α-hetero) is 1. The summed E-state index contributed by atoms with van der Waals surface area (Å²) in [5, 5.41) is 8.97. The molecule has 0 atom stereocenters. The van der Waals surface area contributed by atoms with Crippen molar-refractivity contribution >= 4 is 23.5 Å². The van der Waals surface area contributed by atoms with E-state index < -0.39 is 10.7 Å². The molecule has 0 aromatic heterocycles. The highest BCUT2D eigenvalue weighted by atomic mass is 32.2. The number of rotatable bonds is 7. The Bertz CT molecular complexity index is 468. The summed E-state index contributed by atoms with van der Waals surface area (Å²) in [6.45, 7) is 5.17. The number of carboxylic acid groups (broad SMARTS) is 1. The highest BCUT2D eigenvalue weighted by molar-refractivity contribution is 8.01. The zero-order valence-electron chi connectivity index (χ0n) is 11.3. The maximum atomic E-state index is 11.4. The van der Waals surface area contributed by atoms with Crippen molar-refractivity contribution in [1.82, 2.24) is 0 Å². The normalized spacial score (nSPS) is 11.1. The molecule has 0 aliphatic carbocycles. The first-order valence-electron chi connectivity index (χ1n) is 5.94. The fourth-order valence-corrected chi connectivity index (χ4v) is 2.19. The molecule has 0 heterocycles. The first-order valence-corrected chi connectivity index (χ1v) is 6.93. The number of carbonyl (C=O) groups is 2. The van der Waals surface area contributed by atoms with Gasteiger partial charge in [0.25, 0.3) is 0 Å². The molecule has 19 heavy (non-hydrogen) atoms. The third-order valence-corrected chi connectivity index (χ3v) is 3.85. The quantitative estimate of drug-likeness (QED) is 0.615. The van der Waals surface area contributed by atoms with E-state index in [1.165, 1.54) is 18.7 Å². The van der Waals surface area contributed by atoms with Crippen molar-refractivity contribution in [2.24, 2.45) is 0 Å². The van der Waals surface area contributed by atoms with Crippen LogP contribution in [0.4, 0.5) is 0 Å². The number of benzene rings is 1. The minimum absolute atomic E-state index is 0.0471. The van der Waals surface area contributed by atoms with Gasteiger partial charge in [-0.2, -0.15) is 0 Å². The van der Waals surface area contributed by atoms with Crippen LogP contribution in [0.5, 0.6) is 5.75 Å². The molecule has 1 aromatic rings. The second-order valence-corrected chi connectivity index (χ2v) is 6.28. The van der Waals surface area contributed by atoms with Gasteiger partial charge in [0, 0.05) is 5.75 Å². The molecular formula is C14H18O4S. The Hall–Kier alpha value is -1.49. The third kappa shape index (κ3) is 4.59. The van der Waals surface area contributed by atoms with Gasteiger partial charge < -0.3 is 9.84 Å². The monoisotopic (exact) mass is 282 g/mol. The summed E-state index contributed by atoms with van der Waals surface area (Å²) in [4.78, 5) is 22.3. The second-order valence-electron chi connectivity index (χ2n) is 4.56. The largest absolute Gasteiger partial charge is 0.492 e. The lowest BCUT2D eigenvalue weighted by Gasteiger charge is -2.18. The molecule has 0 saturated carbocycles. The molecule has 0 spiro atoms. The molecule has 104 valence electrons. The minimum Gasteiger partial charge on any atom is -0.492 e. The van der Waals surface area contributed by atoms with Gasteiger partial charge in [0.1, 0.15) is 10.5 Å². The molecule has 0 radical (unpaired) electrons. The van der Waals surface area contributed by atoms with E-state index >= 15 is 0 Å². The van der Waals surface area contributed by atoms with Crippen molar-refractivity contribution in [1.29, 1.82) is 0 Å². The molecule has 1 rings (SSSR count). The summed E-state index contributed by atoms with van der Waals surface area (Å²) in [7, 11) is 0. The second kappa shape index (κ2) is 6.61. The Morgan fingerprint density at radius 1 is 1.32 bits per heavy atom. The predicted octanol–water partition coefficient (Wildman–Crippen LogP) is 2.86. The van der Waals surface area contributed by atoms with Crippen LogP contribution in [0, 0.1) is 0 Å². The van der Waals surface area contributed by atoms with Crippen molar-refractivity contribution in [3.8, 4) is 5.75 Å². The molecule has 0 fully saturated rings. The van der Waals surface area contributed by atoms with Crippen LogP contribution in [0.2, 0.25) is 0 Å². The molecule has 5 heteroatoms. The molecule has 0 aliphatic heterocycles. The van der Waals surface area contributed by atoms with Crippen LogP contribution >= 0.6 is 11.8 Å². The number of hydrogen-bond donors (Lipinski definition) is 1. The Morgan fingerprint density at radius 2 is 1.95 bits per heavy atom. The van der Waals surface area contributed by atoms with Crippen molar-refractivity contribution in [2.75, 3.05) is 12.4 Å². The van der Waals surface area contributed by atoms with Crippen molar-refractivity contribution in [3.63, 3.8) is 0 Å². The minimum atomic E-state index is -0.846. The van der Waals surface area contributed by atoms with Gasteiger partial charge >= 0.3 is 5.97 Å². The lowest BCUT2D eigenvalue weighted by Crippen LogP contribution is -2.28. The number of para-hydroxylation sites is 1. The number of ketones is 1. The molecule has 4 nitrogen and oxygen atoms in total. The van der Waals surface area contributed by atoms with E-state index in [0.29, 0.717) is 23.7 Å². The number of carbonyl (C=O) groups excluding carboxylic acids is 1. The molecule has 1 aromatic carbocycles. The van der Waals surface area contributed by atoms with E-state index in [-0.39, 0.29) is 5.78 Å². The molecule has 0 unspecified atom stereocenters. The van der Waals surface area contributed by atoms with Crippen LogP contribution in [-0.2, 0) is 4.79 Å². The van der Waals surface area contributed by atoms with Gasteiger partial charge in [0.05, 0.1) is 12.2 Å². The zero-order chi connectivity index (χ0) is 14.5. The topological polar surface area (TPSA) is 63.6 Å². The molecule has 0 amide bonds. The van der Waals surface area contributed by atoms with Gasteiger partial charge in [-0.1, -0.05) is 12.1 Å². The summed E-state index contributed by atoms with van der Waals surface area (Å²) in [5.41, 5.74) is 0.546. The number of aliphatic carboxylic acids is 1. The SMILES string of the molecule is CC(=O)c1ccccc1OCCSC(C)(C)C(=O)O. The first kappa shape index (κ1) is 15.6. The average Bonchev–Trinajstić information content (AvgIpc) is 2.34. The summed E-state index contributed by atoms with van der Waals surface area (Å²) in [5.74, 6) is 0.199. The van der Waals surface area contributed by atoms with E-state index in [4.69, 9.17) is 9.84 Å². The van der Waals surface area contributed by atoms with Gasteiger partial charge in [0.2, 0.25) is 0 Å². The maximum Gasteiger partial charge on any atom is 0.319 e.